The molecule has 0 aliphatic carbocycles. The average Bonchev–Trinajstić information content (AvgIpc) is 3.04. The predicted octanol–water partition coefficient (Wildman–Crippen LogP) is 3.01. The van der Waals surface area contributed by atoms with Crippen molar-refractivity contribution < 1.29 is 4.79 Å². The van der Waals surface area contributed by atoms with E-state index in [1.807, 2.05) is 60.1 Å². The molecule has 0 saturated carbocycles. The van der Waals surface area contributed by atoms with E-state index in [0.717, 1.165) is 29.4 Å². The number of thioether (sulfide) groups is 1. The highest BCUT2D eigenvalue weighted by molar-refractivity contribution is 7.99. The third-order valence-electron chi connectivity index (χ3n) is 4.07. The average molecular weight is 366 g/mol. The van der Waals surface area contributed by atoms with Gasteiger partial charge < -0.3 is 9.88 Å². The number of nitrogens with zero attached hydrogens (tertiary/aromatic N) is 3. The van der Waals surface area contributed by atoms with E-state index in [0.29, 0.717) is 12.3 Å². The first kappa shape index (κ1) is 18.2. The lowest BCUT2D eigenvalue weighted by atomic mass is 10.1. The molecule has 1 N–H and O–H groups in total. The molecule has 1 heterocycles. The zero-order chi connectivity index (χ0) is 18.2. The minimum absolute atomic E-state index is 0.00677. The molecule has 1 aromatic heterocycles. The van der Waals surface area contributed by atoms with Gasteiger partial charge in [0.1, 0.15) is 5.82 Å². The zero-order valence-corrected chi connectivity index (χ0v) is 15.6. The summed E-state index contributed by atoms with van der Waals surface area (Å²) < 4.78 is 1.97. The van der Waals surface area contributed by atoms with E-state index < -0.39 is 0 Å². The Bertz CT molecular complexity index is 834. The van der Waals surface area contributed by atoms with Gasteiger partial charge >= 0.3 is 0 Å². The van der Waals surface area contributed by atoms with E-state index in [4.69, 9.17) is 0 Å². The minimum Gasteiger partial charge on any atom is -0.351 e. The molecular weight excluding hydrogens is 344 g/mol. The van der Waals surface area contributed by atoms with Crippen molar-refractivity contribution in [2.24, 2.45) is 7.05 Å². The molecule has 0 bridgehead atoms. The number of amides is 1. The predicted molar refractivity (Wildman–Crippen MR) is 104 cm³/mol. The fraction of sp³-hybridized carbons (Fsp3) is 0.250. The van der Waals surface area contributed by atoms with E-state index in [2.05, 4.69) is 27.6 Å². The van der Waals surface area contributed by atoms with Gasteiger partial charge in [-0.2, -0.15) is 0 Å². The number of hydrogen-bond acceptors (Lipinski definition) is 4. The maximum Gasteiger partial charge on any atom is 0.230 e. The van der Waals surface area contributed by atoms with Crippen molar-refractivity contribution in [2.75, 3.05) is 5.75 Å². The summed E-state index contributed by atoms with van der Waals surface area (Å²) >= 11 is 1.41. The first-order valence-electron chi connectivity index (χ1n) is 8.58. The summed E-state index contributed by atoms with van der Waals surface area (Å²) in [5.41, 5.74) is 2.37. The topological polar surface area (TPSA) is 59.8 Å². The molecule has 0 spiro atoms. The number of rotatable bonds is 8. The van der Waals surface area contributed by atoms with E-state index in [1.165, 1.54) is 17.3 Å². The molecule has 3 aromatic rings. The second-order valence-electron chi connectivity index (χ2n) is 5.99. The number of hydrogen-bond donors (Lipinski definition) is 1. The standard InChI is InChI=1S/C20H22N4OS/c1-24-18(13-12-16-8-4-2-5-9-16)22-23-20(24)26-15-19(25)21-14-17-10-6-3-7-11-17/h2-11H,12-15H2,1H3,(H,21,25). The molecule has 0 aliphatic rings. The molecule has 0 saturated heterocycles. The summed E-state index contributed by atoms with van der Waals surface area (Å²) in [5, 5.41) is 12.2. The van der Waals surface area contributed by atoms with Crippen LogP contribution in [0.3, 0.4) is 0 Å². The number of nitrogens with one attached hydrogen (secondary N) is 1. The van der Waals surface area contributed by atoms with E-state index >= 15 is 0 Å². The molecule has 3 rings (SSSR count). The Morgan fingerprint density at radius 1 is 0.962 bits per heavy atom. The van der Waals surface area contributed by atoms with Crippen molar-refractivity contribution in [3.05, 3.63) is 77.6 Å². The van der Waals surface area contributed by atoms with Crippen LogP contribution < -0.4 is 5.32 Å². The number of carbonyl (C=O) groups is 1. The van der Waals surface area contributed by atoms with Crippen LogP contribution >= 0.6 is 11.8 Å². The fourth-order valence-corrected chi connectivity index (χ4v) is 3.33. The van der Waals surface area contributed by atoms with Crippen LogP contribution in [0.15, 0.2) is 65.8 Å². The Kier molecular flexibility index (Phi) is 6.44. The van der Waals surface area contributed by atoms with Crippen molar-refractivity contribution >= 4 is 17.7 Å². The summed E-state index contributed by atoms with van der Waals surface area (Å²) in [7, 11) is 1.95. The number of aromatic nitrogens is 3. The van der Waals surface area contributed by atoms with Gasteiger partial charge in [-0.05, 0) is 17.5 Å². The number of benzene rings is 2. The van der Waals surface area contributed by atoms with Gasteiger partial charge in [0, 0.05) is 20.0 Å². The van der Waals surface area contributed by atoms with Crippen molar-refractivity contribution in [3.63, 3.8) is 0 Å². The Hall–Kier alpha value is -2.60. The molecule has 26 heavy (non-hydrogen) atoms. The summed E-state index contributed by atoms with van der Waals surface area (Å²) in [5.74, 6) is 1.26. The minimum atomic E-state index is -0.00677. The summed E-state index contributed by atoms with van der Waals surface area (Å²) in [6.07, 6.45) is 1.75. The van der Waals surface area contributed by atoms with Crippen LogP contribution in [0.4, 0.5) is 0 Å². The smallest absolute Gasteiger partial charge is 0.230 e. The van der Waals surface area contributed by atoms with Gasteiger partial charge in [0.15, 0.2) is 5.16 Å². The van der Waals surface area contributed by atoms with Gasteiger partial charge in [0.2, 0.25) is 5.91 Å². The van der Waals surface area contributed by atoms with Crippen molar-refractivity contribution in [1.29, 1.82) is 0 Å². The highest BCUT2D eigenvalue weighted by Gasteiger charge is 2.11. The SMILES string of the molecule is Cn1c(CCc2ccccc2)nnc1SCC(=O)NCc1ccccc1. The first-order chi connectivity index (χ1) is 12.7. The second kappa shape index (κ2) is 9.20. The van der Waals surface area contributed by atoms with Gasteiger partial charge in [-0.25, -0.2) is 0 Å². The highest BCUT2D eigenvalue weighted by atomic mass is 32.2. The van der Waals surface area contributed by atoms with Crippen LogP contribution in [0, 0.1) is 0 Å². The number of carbonyl (C=O) groups excluding carboxylic acids is 1. The molecule has 5 nitrogen and oxygen atoms in total. The third kappa shape index (κ3) is 5.20. The Morgan fingerprint density at radius 3 is 2.31 bits per heavy atom. The number of aryl methyl sites for hydroxylation is 2. The molecule has 134 valence electrons. The van der Waals surface area contributed by atoms with Gasteiger partial charge in [0.25, 0.3) is 0 Å². The van der Waals surface area contributed by atoms with Crippen molar-refractivity contribution in [3.8, 4) is 0 Å². The largest absolute Gasteiger partial charge is 0.351 e. The van der Waals surface area contributed by atoms with Crippen LogP contribution in [0.2, 0.25) is 0 Å². The van der Waals surface area contributed by atoms with E-state index in [-0.39, 0.29) is 5.91 Å². The molecule has 2 aromatic carbocycles. The van der Waals surface area contributed by atoms with Gasteiger partial charge in [-0.15, -0.1) is 10.2 Å². The monoisotopic (exact) mass is 366 g/mol. The highest BCUT2D eigenvalue weighted by Crippen LogP contribution is 2.16. The van der Waals surface area contributed by atoms with E-state index in [1.54, 1.807) is 0 Å². The van der Waals surface area contributed by atoms with Crippen LogP contribution in [-0.4, -0.2) is 26.4 Å². The molecular formula is C20H22N4OS. The molecule has 0 fully saturated rings. The maximum absolute atomic E-state index is 12.0. The van der Waals surface area contributed by atoms with Crippen molar-refractivity contribution in [2.45, 2.75) is 24.5 Å². The summed E-state index contributed by atoms with van der Waals surface area (Å²) in [6, 6.07) is 20.2. The third-order valence-corrected chi connectivity index (χ3v) is 5.09. The first-order valence-corrected chi connectivity index (χ1v) is 9.56. The Labute approximate surface area is 157 Å². The molecule has 1 amide bonds. The van der Waals surface area contributed by atoms with Gasteiger partial charge in [0.05, 0.1) is 5.75 Å². The quantitative estimate of drug-likeness (QED) is 0.623. The lowest BCUT2D eigenvalue weighted by Crippen LogP contribution is -2.24. The van der Waals surface area contributed by atoms with E-state index in [9.17, 15) is 4.79 Å². The second-order valence-corrected chi connectivity index (χ2v) is 6.94. The van der Waals surface area contributed by atoms with Crippen LogP contribution in [0.25, 0.3) is 0 Å². The van der Waals surface area contributed by atoms with Crippen LogP contribution in [0.5, 0.6) is 0 Å². The summed E-state index contributed by atoms with van der Waals surface area (Å²) in [4.78, 5) is 12.0. The normalized spacial score (nSPS) is 10.7. The zero-order valence-electron chi connectivity index (χ0n) is 14.8. The molecule has 0 radical (unpaired) electrons. The van der Waals surface area contributed by atoms with Gasteiger partial charge in [-0.1, -0.05) is 72.4 Å². The lowest BCUT2D eigenvalue weighted by molar-refractivity contribution is -0.118. The summed E-state index contributed by atoms with van der Waals surface area (Å²) in [6.45, 7) is 0.543. The molecule has 0 atom stereocenters. The Balaban J connectivity index is 1.46. The van der Waals surface area contributed by atoms with Crippen molar-refractivity contribution in [1.82, 2.24) is 20.1 Å². The fourth-order valence-electron chi connectivity index (χ4n) is 2.57. The Morgan fingerprint density at radius 2 is 1.62 bits per heavy atom. The maximum atomic E-state index is 12.0. The molecule has 6 heteroatoms. The van der Waals surface area contributed by atoms with Gasteiger partial charge in [-0.3, -0.25) is 4.79 Å². The van der Waals surface area contributed by atoms with Crippen LogP contribution in [0.1, 0.15) is 17.0 Å². The molecule has 0 unspecified atom stereocenters. The lowest BCUT2D eigenvalue weighted by Gasteiger charge is -2.06. The van der Waals surface area contributed by atoms with Crippen LogP contribution in [-0.2, 0) is 31.2 Å². The molecule has 0 aliphatic heterocycles.